The van der Waals surface area contributed by atoms with Crippen LogP contribution in [0.3, 0.4) is 0 Å². The number of hydrogen-bond acceptors (Lipinski definition) is 8. The van der Waals surface area contributed by atoms with E-state index in [1.807, 2.05) is 38.4 Å². The van der Waals surface area contributed by atoms with Crippen molar-refractivity contribution < 1.29 is 23.9 Å². The highest BCUT2D eigenvalue weighted by atomic mass is 16.5. The summed E-state index contributed by atoms with van der Waals surface area (Å²) < 4.78 is 10.6. The number of carbonyl (C=O) groups excluding carboxylic acids is 3. The standard InChI is InChI=1S/C33H42N6O5/c1-5-44-32(41)24-11-13-25(14-12-24)35-33(42)36-26-15-16-28(27(23-26)31(40)34-17-8-18-37(2)3)38-19-21-39(22-20-38)29-9-6-7-10-30(29)43-4/h6-7,9-16,23H,5,8,17-22H2,1-4H3,(H,34,40)(H2,35,36,42). The molecule has 3 amide bonds. The Balaban J connectivity index is 1.46. The zero-order valence-electron chi connectivity index (χ0n) is 25.9. The molecule has 0 aliphatic carbocycles. The third-order valence-electron chi connectivity index (χ3n) is 7.27. The van der Waals surface area contributed by atoms with Crippen molar-refractivity contribution in [1.82, 2.24) is 10.2 Å². The monoisotopic (exact) mass is 602 g/mol. The van der Waals surface area contributed by atoms with Crippen molar-refractivity contribution in [3.05, 3.63) is 77.9 Å². The third-order valence-corrected chi connectivity index (χ3v) is 7.27. The number of rotatable bonds is 12. The second-order valence-electron chi connectivity index (χ2n) is 10.7. The zero-order valence-corrected chi connectivity index (χ0v) is 25.9. The van der Waals surface area contributed by atoms with Crippen LogP contribution in [0.4, 0.5) is 27.5 Å². The number of anilines is 4. The van der Waals surface area contributed by atoms with Crippen LogP contribution < -0.4 is 30.5 Å². The van der Waals surface area contributed by atoms with Crippen LogP contribution in [0.5, 0.6) is 5.75 Å². The van der Waals surface area contributed by atoms with Crippen molar-refractivity contribution in [1.29, 1.82) is 0 Å². The molecule has 3 N–H and O–H groups in total. The number of hydrogen-bond donors (Lipinski definition) is 3. The highest BCUT2D eigenvalue weighted by Crippen LogP contribution is 2.31. The van der Waals surface area contributed by atoms with Crippen LogP contribution in [0.1, 0.15) is 34.1 Å². The Kier molecular flexibility index (Phi) is 11.4. The molecule has 4 rings (SSSR count). The van der Waals surface area contributed by atoms with Gasteiger partial charge in [-0.25, -0.2) is 9.59 Å². The van der Waals surface area contributed by atoms with Gasteiger partial charge in [0.05, 0.1) is 30.5 Å². The van der Waals surface area contributed by atoms with Crippen molar-refractivity contribution in [3.8, 4) is 5.75 Å². The molecule has 0 radical (unpaired) electrons. The molecule has 1 heterocycles. The number of methoxy groups -OCH3 is 1. The van der Waals surface area contributed by atoms with Gasteiger partial charge in [-0.2, -0.15) is 0 Å². The molecule has 234 valence electrons. The van der Waals surface area contributed by atoms with E-state index in [9.17, 15) is 14.4 Å². The van der Waals surface area contributed by atoms with Crippen molar-refractivity contribution in [2.45, 2.75) is 13.3 Å². The van der Waals surface area contributed by atoms with Crippen molar-refractivity contribution in [2.24, 2.45) is 0 Å². The van der Waals surface area contributed by atoms with E-state index in [1.165, 1.54) is 0 Å². The van der Waals surface area contributed by atoms with Gasteiger partial charge in [-0.15, -0.1) is 0 Å². The lowest BCUT2D eigenvalue weighted by molar-refractivity contribution is 0.0526. The molecule has 0 unspecified atom stereocenters. The first-order chi connectivity index (χ1) is 21.3. The molecule has 1 aliphatic heterocycles. The third kappa shape index (κ3) is 8.63. The number of esters is 1. The molecular formula is C33H42N6O5. The fourth-order valence-corrected chi connectivity index (χ4v) is 5.04. The molecule has 0 bridgehead atoms. The Labute approximate surface area is 259 Å². The summed E-state index contributed by atoms with van der Waals surface area (Å²) in [6.07, 6.45) is 0.820. The first kappa shape index (κ1) is 32.2. The van der Waals surface area contributed by atoms with E-state index in [2.05, 4.69) is 36.7 Å². The molecule has 1 fully saturated rings. The summed E-state index contributed by atoms with van der Waals surface area (Å²) in [7, 11) is 5.68. The Morgan fingerprint density at radius 3 is 2.14 bits per heavy atom. The number of amides is 3. The van der Waals surface area contributed by atoms with Gasteiger partial charge in [-0.05, 0) is 88.6 Å². The van der Waals surface area contributed by atoms with Gasteiger partial charge in [0.15, 0.2) is 0 Å². The van der Waals surface area contributed by atoms with Crippen LogP contribution >= 0.6 is 0 Å². The molecule has 3 aromatic carbocycles. The average molecular weight is 603 g/mol. The molecule has 0 saturated carbocycles. The summed E-state index contributed by atoms with van der Waals surface area (Å²) in [5.41, 5.74) is 3.76. The van der Waals surface area contributed by atoms with Gasteiger partial charge in [-0.1, -0.05) is 12.1 Å². The summed E-state index contributed by atoms with van der Waals surface area (Å²) in [6, 6.07) is 19.4. The van der Waals surface area contributed by atoms with E-state index in [0.717, 1.165) is 43.2 Å². The van der Waals surface area contributed by atoms with E-state index >= 15 is 0 Å². The van der Waals surface area contributed by atoms with E-state index in [4.69, 9.17) is 9.47 Å². The normalized spacial score (nSPS) is 12.9. The molecular weight excluding hydrogens is 560 g/mol. The SMILES string of the molecule is CCOC(=O)c1ccc(NC(=O)Nc2ccc(N3CCN(c4ccccc4OC)CC3)c(C(=O)NCCCN(C)C)c2)cc1. The second-order valence-corrected chi connectivity index (χ2v) is 10.7. The highest BCUT2D eigenvalue weighted by molar-refractivity contribution is 6.04. The number of nitrogens with zero attached hydrogens (tertiary/aromatic N) is 3. The molecule has 1 saturated heterocycles. The first-order valence-electron chi connectivity index (χ1n) is 14.8. The minimum atomic E-state index is -0.468. The zero-order chi connectivity index (χ0) is 31.5. The fraction of sp³-hybridized carbons (Fsp3) is 0.364. The number of urea groups is 1. The van der Waals surface area contributed by atoms with Gasteiger partial charge in [0.2, 0.25) is 0 Å². The summed E-state index contributed by atoms with van der Waals surface area (Å²) in [6.45, 7) is 6.40. The minimum absolute atomic E-state index is 0.190. The van der Waals surface area contributed by atoms with Crippen LogP contribution in [0.2, 0.25) is 0 Å². The smallest absolute Gasteiger partial charge is 0.338 e. The number of nitrogens with one attached hydrogen (secondary N) is 3. The summed E-state index contributed by atoms with van der Waals surface area (Å²) in [4.78, 5) is 44.7. The largest absolute Gasteiger partial charge is 0.495 e. The quantitative estimate of drug-likeness (QED) is 0.205. The molecule has 3 aromatic rings. The van der Waals surface area contributed by atoms with E-state index in [-0.39, 0.29) is 12.5 Å². The van der Waals surface area contributed by atoms with E-state index < -0.39 is 12.0 Å². The Morgan fingerprint density at radius 2 is 1.48 bits per heavy atom. The first-order valence-corrected chi connectivity index (χ1v) is 14.8. The lowest BCUT2D eigenvalue weighted by Crippen LogP contribution is -2.47. The number of ether oxygens (including phenoxy) is 2. The number of benzene rings is 3. The van der Waals surface area contributed by atoms with E-state index in [0.29, 0.717) is 42.1 Å². The fourth-order valence-electron chi connectivity index (χ4n) is 5.04. The van der Waals surface area contributed by atoms with Crippen LogP contribution in [0.25, 0.3) is 0 Å². The van der Waals surface area contributed by atoms with Crippen molar-refractivity contribution in [3.63, 3.8) is 0 Å². The van der Waals surface area contributed by atoms with Crippen LogP contribution in [-0.2, 0) is 4.74 Å². The highest BCUT2D eigenvalue weighted by Gasteiger charge is 2.24. The van der Waals surface area contributed by atoms with Gasteiger partial charge in [-0.3, -0.25) is 4.79 Å². The van der Waals surface area contributed by atoms with Gasteiger partial charge in [0.1, 0.15) is 5.75 Å². The van der Waals surface area contributed by atoms with Gasteiger partial charge in [0.25, 0.3) is 5.91 Å². The summed E-state index contributed by atoms with van der Waals surface area (Å²) in [5, 5.41) is 8.63. The molecule has 0 atom stereocenters. The van der Waals surface area contributed by atoms with Crippen molar-refractivity contribution >= 4 is 40.7 Å². The maximum Gasteiger partial charge on any atom is 0.338 e. The Bertz CT molecular complexity index is 1420. The predicted octanol–water partition coefficient (Wildman–Crippen LogP) is 4.52. The number of carbonyl (C=O) groups is 3. The topological polar surface area (TPSA) is 115 Å². The lowest BCUT2D eigenvalue weighted by Gasteiger charge is -2.38. The molecule has 0 spiro atoms. The van der Waals surface area contributed by atoms with Crippen LogP contribution in [0.15, 0.2) is 66.7 Å². The second kappa shape index (κ2) is 15.6. The van der Waals surface area contributed by atoms with E-state index in [1.54, 1.807) is 50.4 Å². The predicted molar refractivity (Wildman–Crippen MR) is 174 cm³/mol. The van der Waals surface area contributed by atoms with Crippen molar-refractivity contribution in [2.75, 3.05) is 87.5 Å². The summed E-state index contributed by atoms with van der Waals surface area (Å²) in [5.74, 6) is 0.226. The average Bonchev–Trinajstić information content (AvgIpc) is 3.03. The van der Waals surface area contributed by atoms with Gasteiger partial charge in [0, 0.05) is 49.8 Å². The molecule has 44 heavy (non-hydrogen) atoms. The lowest BCUT2D eigenvalue weighted by atomic mass is 10.1. The van der Waals surface area contributed by atoms with Crippen LogP contribution in [-0.4, -0.2) is 89.9 Å². The number of piperazine rings is 1. The molecule has 0 aromatic heterocycles. The maximum absolute atomic E-state index is 13.4. The Hall–Kier alpha value is -4.77. The Morgan fingerprint density at radius 1 is 0.841 bits per heavy atom. The van der Waals surface area contributed by atoms with Gasteiger partial charge >= 0.3 is 12.0 Å². The van der Waals surface area contributed by atoms with Gasteiger partial charge < -0.3 is 40.1 Å². The molecule has 1 aliphatic rings. The minimum Gasteiger partial charge on any atom is -0.495 e. The van der Waals surface area contributed by atoms with Crippen LogP contribution in [0, 0.1) is 0 Å². The molecule has 11 heteroatoms. The molecule has 11 nitrogen and oxygen atoms in total. The summed E-state index contributed by atoms with van der Waals surface area (Å²) >= 11 is 0. The number of para-hydroxylation sites is 2. The maximum atomic E-state index is 13.4.